The van der Waals surface area contributed by atoms with Gasteiger partial charge < -0.3 is 10.6 Å². The molecule has 0 bridgehead atoms. The van der Waals surface area contributed by atoms with E-state index in [1.807, 2.05) is 41.8 Å². The smallest absolute Gasteiger partial charge is 0.227 e. The van der Waals surface area contributed by atoms with Crippen LogP contribution >= 0.6 is 11.3 Å². The van der Waals surface area contributed by atoms with Crippen LogP contribution in [0.1, 0.15) is 37.7 Å². The predicted molar refractivity (Wildman–Crippen MR) is 117 cm³/mol. The largest absolute Gasteiger partial charge is 0.331 e. The second-order valence-electron chi connectivity index (χ2n) is 7.38. The van der Waals surface area contributed by atoms with Crippen LogP contribution in [0.4, 0.5) is 16.5 Å². The third-order valence-electron chi connectivity index (χ3n) is 5.29. The average Bonchev–Trinajstić information content (AvgIpc) is 3.19. The zero-order chi connectivity index (χ0) is 19.3. The first-order valence-corrected chi connectivity index (χ1v) is 10.8. The number of carbonyl (C=O) groups excluding carboxylic acids is 1. The normalized spacial score (nSPS) is 14.6. The molecule has 1 amide bonds. The van der Waals surface area contributed by atoms with Crippen molar-refractivity contribution in [1.82, 2.24) is 4.98 Å². The summed E-state index contributed by atoms with van der Waals surface area (Å²) in [5.74, 6) is 0.304. The van der Waals surface area contributed by atoms with Gasteiger partial charge in [0.1, 0.15) is 0 Å². The molecule has 2 N–H and O–H groups in total. The zero-order valence-electron chi connectivity index (χ0n) is 16.1. The summed E-state index contributed by atoms with van der Waals surface area (Å²) in [7, 11) is 0. The van der Waals surface area contributed by atoms with E-state index in [-0.39, 0.29) is 11.8 Å². The van der Waals surface area contributed by atoms with Crippen LogP contribution in [-0.4, -0.2) is 10.9 Å². The molecule has 1 aliphatic rings. The van der Waals surface area contributed by atoms with E-state index in [0.29, 0.717) is 0 Å². The van der Waals surface area contributed by atoms with Gasteiger partial charge in [0.15, 0.2) is 5.13 Å². The Morgan fingerprint density at radius 2 is 1.89 bits per heavy atom. The Morgan fingerprint density at radius 1 is 1.07 bits per heavy atom. The lowest BCUT2D eigenvalue weighted by Crippen LogP contribution is -2.24. The fourth-order valence-corrected chi connectivity index (χ4v) is 4.39. The monoisotopic (exact) mass is 391 g/mol. The summed E-state index contributed by atoms with van der Waals surface area (Å²) >= 11 is 1.58. The molecule has 1 fully saturated rings. The SMILES string of the molecule is Cc1ccccc1Nc1nc(-c2cccc(NC(=O)C3CCCCC3)c2)cs1. The Kier molecular flexibility index (Phi) is 5.72. The Hall–Kier alpha value is -2.66. The van der Waals surface area contributed by atoms with Gasteiger partial charge in [-0.25, -0.2) is 4.98 Å². The molecule has 1 aliphatic carbocycles. The lowest BCUT2D eigenvalue weighted by molar-refractivity contribution is -0.120. The molecule has 144 valence electrons. The first-order chi connectivity index (χ1) is 13.7. The van der Waals surface area contributed by atoms with Crippen molar-refractivity contribution in [1.29, 1.82) is 0 Å². The van der Waals surface area contributed by atoms with Crippen LogP contribution < -0.4 is 10.6 Å². The van der Waals surface area contributed by atoms with Crippen LogP contribution in [0.15, 0.2) is 53.9 Å². The molecule has 0 unspecified atom stereocenters. The van der Waals surface area contributed by atoms with Crippen molar-refractivity contribution in [2.45, 2.75) is 39.0 Å². The third-order valence-corrected chi connectivity index (χ3v) is 6.05. The van der Waals surface area contributed by atoms with E-state index in [1.54, 1.807) is 11.3 Å². The van der Waals surface area contributed by atoms with Gasteiger partial charge in [0.05, 0.1) is 5.69 Å². The predicted octanol–water partition coefficient (Wildman–Crippen LogP) is 6.38. The van der Waals surface area contributed by atoms with Gasteiger partial charge in [0.2, 0.25) is 5.91 Å². The molecule has 0 saturated heterocycles. The van der Waals surface area contributed by atoms with E-state index >= 15 is 0 Å². The number of amides is 1. The number of thiazole rings is 1. The van der Waals surface area contributed by atoms with E-state index in [2.05, 4.69) is 29.7 Å². The lowest BCUT2D eigenvalue weighted by atomic mass is 9.88. The number of hydrogen-bond donors (Lipinski definition) is 2. The van der Waals surface area contributed by atoms with Crippen molar-refractivity contribution in [3.63, 3.8) is 0 Å². The van der Waals surface area contributed by atoms with Gasteiger partial charge >= 0.3 is 0 Å². The number of aromatic nitrogens is 1. The minimum atomic E-state index is 0.150. The van der Waals surface area contributed by atoms with Gasteiger partial charge in [-0.3, -0.25) is 4.79 Å². The molecule has 0 atom stereocenters. The van der Waals surface area contributed by atoms with Crippen LogP contribution in [0.5, 0.6) is 0 Å². The molecule has 2 aromatic carbocycles. The summed E-state index contributed by atoms with van der Waals surface area (Å²) in [6.07, 6.45) is 5.58. The molecule has 1 aromatic heterocycles. The number of anilines is 3. The molecule has 1 saturated carbocycles. The summed E-state index contributed by atoms with van der Waals surface area (Å²) in [5.41, 5.74) is 5.02. The van der Waals surface area contributed by atoms with Crippen LogP contribution in [0.25, 0.3) is 11.3 Å². The number of benzene rings is 2. The third kappa shape index (κ3) is 4.42. The fourth-order valence-electron chi connectivity index (χ4n) is 3.66. The van der Waals surface area contributed by atoms with E-state index in [0.717, 1.165) is 53.4 Å². The second kappa shape index (κ2) is 8.57. The van der Waals surface area contributed by atoms with Crippen molar-refractivity contribution in [3.05, 3.63) is 59.5 Å². The van der Waals surface area contributed by atoms with Gasteiger partial charge in [-0.2, -0.15) is 0 Å². The molecule has 28 heavy (non-hydrogen) atoms. The first-order valence-electron chi connectivity index (χ1n) is 9.88. The molecule has 3 aromatic rings. The minimum absolute atomic E-state index is 0.150. The molecule has 0 radical (unpaired) electrons. The topological polar surface area (TPSA) is 54.0 Å². The number of aryl methyl sites for hydroxylation is 1. The van der Waals surface area contributed by atoms with E-state index < -0.39 is 0 Å². The summed E-state index contributed by atoms with van der Waals surface area (Å²) < 4.78 is 0. The van der Waals surface area contributed by atoms with Gasteiger partial charge in [-0.1, -0.05) is 49.6 Å². The molecule has 0 aliphatic heterocycles. The maximum Gasteiger partial charge on any atom is 0.227 e. The number of hydrogen-bond acceptors (Lipinski definition) is 4. The van der Waals surface area contributed by atoms with Gasteiger partial charge in [0.25, 0.3) is 0 Å². The van der Waals surface area contributed by atoms with Crippen LogP contribution in [-0.2, 0) is 4.79 Å². The zero-order valence-corrected chi connectivity index (χ0v) is 16.9. The lowest BCUT2D eigenvalue weighted by Gasteiger charge is -2.20. The summed E-state index contributed by atoms with van der Waals surface area (Å²) in [6, 6.07) is 16.1. The maximum atomic E-state index is 12.5. The Morgan fingerprint density at radius 3 is 2.71 bits per heavy atom. The number of carbonyl (C=O) groups is 1. The van der Waals surface area contributed by atoms with E-state index in [1.165, 1.54) is 12.0 Å². The maximum absolute atomic E-state index is 12.5. The fraction of sp³-hybridized carbons (Fsp3) is 0.304. The highest BCUT2D eigenvalue weighted by atomic mass is 32.1. The van der Waals surface area contributed by atoms with Gasteiger partial charge in [-0.05, 0) is 43.5 Å². The molecule has 4 rings (SSSR count). The Bertz CT molecular complexity index is 960. The second-order valence-corrected chi connectivity index (χ2v) is 8.24. The van der Waals surface area contributed by atoms with Crippen molar-refractivity contribution in [2.24, 2.45) is 5.92 Å². The first kappa shape index (κ1) is 18.7. The quantitative estimate of drug-likeness (QED) is 0.530. The van der Waals surface area contributed by atoms with Crippen molar-refractivity contribution < 1.29 is 4.79 Å². The number of para-hydroxylation sites is 1. The Balaban J connectivity index is 1.46. The number of nitrogens with zero attached hydrogens (tertiary/aromatic N) is 1. The van der Waals surface area contributed by atoms with Gasteiger partial charge in [0, 0.05) is 28.2 Å². The summed E-state index contributed by atoms with van der Waals surface area (Å²) in [5, 5.41) is 9.39. The molecule has 1 heterocycles. The van der Waals surface area contributed by atoms with Crippen molar-refractivity contribution in [3.8, 4) is 11.3 Å². The number of rotatable bonds is 5. The van der Waals surface area contributed by atoms with Crippen LogP contribution in [0.2, 0.25) is 0 Å². The standard InChI is InChI=1S/C23H25N3OS/c1-16-8-5-6-13-20(16)25-23-26-21(15-28-23)18-11-7-12-19(14-18)24-22(27)17-9-3-2-4-10-17/h5-8,11-15,17H,2-4,9-10H2,1H3,(H,24,27)(H,25,26). The highest BCUT2D eigenvalue weighted by molar-refractivity contribution is 7.14. The molecule has 4 nitrogen and oxygen atoms in total. The summed E-state index contributed by atoms with van der Waals surface area (Å²) in [4.78, 5) is 17.2. The van der Waals surface area contributed by atoms with Crippen LogP contribution in [0, 0.1) is 12.8 Å². The minimum Gasteiger partial charge on any atom is -0.331 e. The highest BCUT2D eigenvalue weighted by Gasteiger charge is 2.21. The summed E-state index contributed by atoms with van der Waals surface area (Å²) in [6.45, 7) is 2.08. The van der Waals surface area contributed by atoms with E-state index in [4.69, 9.17) is 4.98 Å². The van der Waals surface area contributed by atoms with E-state index in [9.17, 15) is 4.79 Å². The van der Waals surface area contributed by atoms with Gasteiger partial charge in [-0.15, -0.1) is 11.3 Å². The molecular weight excluding hydrogens is 366 g/mol. The molecule has 5 heteroatoms. The highest BCUT2D eigenvalue weighted by Crippen LogP contribution is 2.30. The Labute approximate surface area is 170 Å². The van der Waals surface area contributed by atoms with Crippen LogP contribution in [0.3, 0.4) is 0 Å². The molecule has 0 spiro atoms. The van der Waals surface area contributed by atoms with Crippen molar-refractivity contribution >= 4 is 33.8 Å². The molecular formula is C23H25N3OS. The van der Waals surface area contributed by atoms with Crippen molar-refractivity contribution in [2.75, 3.05) is 10.6 Å². The average molecular weight is 392 g/mol. The number of nitrogens with one attached hydrogen (secondary N) is 2.